The van der Waals surface area contributed by atoms with Gasteiger partial charge in [-0.1, -0.05) is 27.7 Å². The van der Waals surface area contributed by atoms with Crippen molar-refractivity contribution in [2.45, 2.75) is 71.9 Å². The van der Waals surface area contributed by atoms with Crippen LogP contribution in [0.25, 0.3) is 0 Å². The minimum atomic E-state index is 0.118. The summed E-state index contributed by atoms with van der Waals surface area (Å²) in [7, 11) is 0. The topological polar surface area (TPSA) is 55.1 Å². The molecule has 0 aliphatic heterocycles. The van der Waals surface area contributed by atoms with Crippen LogP contribution in [0.3, 0.4) is 0 Å². The number of carbonyl (C=O) groups is 1. The second kappa shape index (κ2) is 6.46. The second-order valence-corrected chi connectivity index (χ2v) is 7.71. The first-order chi connectivity index (χ1) is 9.38. The average Bonchev–Trinajstić information content (AvgIpc) is 2.37. The van der Waals surface area contributed by atoms with E-state index in [-0.39, 0.29) is 17.9 Å². The first-order valence-corrected chi connectivity index (χ1v) is 8.44. The number of hydrogen-bond donors (Lipinski definition) is 2. The zero-order chi connectivity index (χ0) is 14.9. The van der Waals surface area contributed by atoms with Crippen molar-refractivity contribution in [1.29, 1.82) is 0 Å². The van der Waals surface area contributed by atoms with Crippen LogP contribution in [0.4, 0.5) is 0 Å². The molecule has 0 aromatic heterocycles. The summed E-state index contributed by atoms with van der Waals surface area (Å²) in [5.74, 6) is 2.79. The van der Waals surface area contributed by atoms with Crippen molar-refractivity contribution in [2.75, 3.05) is 0 Å². The second-order valence-electron chi connectivity index (χ2n) is 7.71. The Morgan fingerprint density at radius 3 is 2.30 bits per heavy atom. The van der Waals surface area contributed by atoms with Crippen LogP contribution in [0.5, 0.6) is 0 Å². The quantitative estimate of drug-likeness (QED) is 0.817. The molecule has 1 amide bonds. The molecule has 7 atom stereocenters. The molecule has 7 unspecified atom stereocenters. The summed E-state index contributed by atoms with van der Waals surface area (Å²) in [6, 6.07) is 0.562. The Balaban J connectivity index is 1.91. The van der Waals surface area contributed by atoms with Gasteiger partial charge in [-0.25, -0.2) is 0 Å². The Bertz CT molecular complexity index is 344. The van der Waals surface area contributed by atoms with Crippen molar-refractivity contribution < 1.29 is 4.79 Å². The van der Waals surface area contributed by atoms with Gasteiger partial charge < -0.3 is 11.1 Å². The van der Waals surface area contributed by atoms with Crippen LogP contribution in [0.1, 0.15) is 59.8 Å². The fraction of sp³-hybridized carbons (Fsp3) is 0.941. The standard InChI is InChI=1S/C17H32N2O/c1-10-5-6-16(13(4)7-10)19-17(20)14-9-15(18)12(3)8-11(14)2/h10-16H,5-9,18H2,1-4H3,(H,19,20). The van der Waals surface area contributed by atoms with E-state index < -0.39 is 0 Å². The lowest BCUT2D eigenvalue weighted by molar-refractivity contribution is -0.129. The lowest BCUT2D eigenvalue weighted by atomic mass is 9.72. The van der Waals surface area contributed by atoms with Crippen LogP contribution in [0.2, 0.25) is 0 Å². The van der Waals surface area contributed by atoms with E-state index in [4.69, 9.17) is 5.73 Å². The normalized spacial score (nSPS) is 46.0. The van der Waals surface area contributed by atoms with Gasteiger partial charge in [0, 0.05) is 18.0 Å². The number of rotatable bonds is 2. The molecule has 20 heavy (non-hydrogen) atoms. The molecule has 2 fully saturated rings. The van der Waals surface area contributed by atoms with Crippen LogP contribution in [0.15, 0.2) is 0 Å². The summed E-state index contributed by atoms with van der Waals surface area (Å²) in [4.78, 5) is 12.6. The highest BCUT2D eigenvalue weighted by molar-refractivity contribution is 5.79. The molecular weight excluding hydrogens is 248 g/mol. The third kappa shape index (κ3) is 3.55. The highest BCUT2D eigenvalue weighted by Gasteiger charge is 2.36. The Hall–Kier alpha value is -0.570. The number of nitrogens with two attached hydrogens (primary N) is 1. The summed E-state index contributed by atoms with van der Waals surface area (Å²) in [6.45, 7) is 9.01. The summed E-state index contributed by atoms with van der Waals surface area (Å²) >= 11 is 0. The van der Waals surface area contributed by atoms with Crippen molar-refractivity contribution >= 4 is 5.91 Å². The van der Waals surface area contributed by atoms with Crippen molar-refractivity contribution in [2.24, 2.45) is 35.3 Å². The van der Waals surface area contributed by atoms with E-state index in [1.165, 1.54) is 12.8 Å². The highest BCUT2D eigenvalue weighted by atomic mass is 16.2. The van der Waals surface area contributed by atoms with Crippen LogP contribution >= 0.6 is 0 Å². The van der Waals surface area contributed by atoms with Gasteiger partial charge in [0.15, 0.2) is 0 Å². The Morgan fingerprint density at radius 1 is 0.950 bits per heavy atom. The summed E-state index contributed by atoms with van der Waals surface area (Å²) in [5, 5.41) is 3.33. The Labute approximate surface area is 124 Å². The monoisotopic (exact) mass is 280 g/mol. The van der Waals surface area contributed by atoms with E-state index in [2.05, 4.69) is 33.0 Å². The van der Waals surface area contributed by atoms with E-state index in [0.717, 1.165) is 25.2 Å². The summed E-state index contributed by atoms with van der Waals surface area (Å²) in [5.41, 5.74) is 6.17. The van der Waals surface area contributed by atoms with Gasteiger partial charge in [0.05, 0.1) is 0 Å². The summed E-state index contributed by atoms with van der Waals surface area (Å²) < 4.78 is 0. The molecule has 2 aliphatic carbocycles. The lowest BCUT2D eigenvalue weighted by Crippen LogP contribution is -2.49. The van der Waals surface area contributed by atoms with Crippen LogP contribution in [-0.4, -0.2) is 18.0 Å². The minimum absolute atomic E-state index is 0.118. The highest BCUT2D eigenvalue weighted by Crippen LogP contribution is 2.34. The zero-order valence-electron chi connectivity index (χ0n) is 13.6. The van der Waals surface area contributed by atoms with Crippen molar-refractivity contribution in [3.8, 4) is 0 Å². The third-order valence-corrected chi connectivity index (χ3v) is 5.78. The Morgan fingerprint density at radius 2 is 1.65 bits per heavy atom. The molecule has 116 valence electrons. The number of nitrogens with one attached hydrogen (secondary N) is 1. The zero-order valence-corrected chi connectivity index (χ0v) is 13.6. The largest absolute Gasteiger partial charge is 0.353 e. The molecule has 0 heterocycles. The molecule has 2 saturated carbocycles. The first-order valence-electron chi connectivity index (χ1n) is 8.44. The maximum Gasteiger partial charge on any atom is 0.223 e. The van der Waals surface area contributed by atoms with E-state index in [1.54, 1.807) is 0 Å². The third-order valence-electron chi connectivity index (χ3n) is 5.78. The molecule has 3 heteroatoms. The van der Waals surface area contributed by atoms with Gasteiger partial charge in [0.2, 0.25) is 5.91 Å². The van der Waals surface area contributed by atoms with Crippen LogP contribution in [0, 0.1) is 29.6 Å². The lowest BCUT2D eigenvalue weighted by Gasteiger charge is -2.38. The number of amides is 1. The Kier molecular flexibility index (Phi) is 5.11. The van der Waals surface area contributed by atoms with Gasteiger partial charge in [-0.05, 0) is 55.8 Å². The average molecular weight is 280 g/mol. The first kappa shape index (κ1) is 15.8. The molecule has 0 saturated heterocycles. The van der Waals surface area contributed by atoms with Crippen molar-refractivity contribution in [3.63, 3.8) is 0 Å². The van der Waals surface area contributed by atoms with E-state index >= 15 is 0 Å². The van der Waals surface area contributed by atoms with Crippen LogP contribution < -0.4 is 11.1 Å². The summed E-state index contributed by atoms with van der Waals surface area (Å²) in [6.07, 6.45) is 5.55. The van der Waals surface area contributed by atoms with E-state index in [0.29, 0.717) is 23.8 Å². The molecular formula is C17H32N2O. The predicted octanol–water partition coefficient (Wildman–Crippen LogP) is 2.94. The smallest absolute Gasteiger partial charge is 0.223 e. The molecule has 0 bridgehead atoms. The predicted molar refractivity (Wildman–Crippen MR) is 83.1 cm³/mol. The molecule has 0 radical (unpaired) electrons. The van der Waals surface area contributed by atoms with E-state index in [9.17, 15) is 4.79 Å². The molecule has 0 spiro atoms. The molecule has 2 aliphatic rings. The number of carbonyl (C=O) groups excluding carboxylic acids is 1. The molecule has 0 aromatic rings. The maximum atomic E-state index is 12.6. The molecule has 3 N–H and O–H groups in total. The van der Waals surface area contributed by atoms with Gasteiger partial charge in [-0.15, -0.1) is 0 Å². The fourth-order valence-corrected chi connectivity index (χ4v) is 4.22. The van der Waals surface area contributed by atoms with Gasteiger partial charge in [0.1, 0.15) is 0 Å². The van der Waals surface area contributed by atoms with Gasteiger partial charge in [0.25, 0.3) is 0 Å². The van der Waals surface area contributed by atoms with Crippen molar-refractivity contribution in [3.05, 3.63) is 0 Å². The van der Waals surface area contributed by atoms with E-state index in [1.807, 2.05) is 0 Å². The minimum Gasteiger partial charge on any atom is -0.353 e. The van der Waals surface area contributed by atoms with Gasteiger partial charge >= 0.3 is 0 Å². The molecule has 0 aromatic carbocycles. The number of hydrogen-bond acceptors (Lipinski definition) is 2. The van der Waals surface area contributed by atoms with Gasteiger partial charge in [-0.2, -0.15) is 0 Å². The molecule has 2 rings (SSSR count). The molecule has 3 nitrogen and oxygen atoms in total. The maximum absolute atomic E-state index is 12.6. The van der Waals surface area contributed by atoms with Crippen LogP contribution in [-0.2, 0) is 4.79 Å². The fourth-order valence-electron chi connectivity index (χ4n) is 4.22. The SMILES string of the molecule is CC1CCC(NC(=O)C2CC(N)C(C)CC2C)C(C)C1. The van der Waals surface area contributed by atoms with Gasteiger partial charge in [-0.3, -0.25) is 4.79 Å². The van der Waals surface area contributed by atoms with Crippen molar-refractivity contribution in [1.82, 2.24) is 5.32 Å².